The van der Waals surface area contributed by atoms with E-state index in [9.17, 15) is 17.6 Å². The van der Waals surface area contributed by atoms with Crippen molar-refractivity contribution < 1.29 is 22.3 Å². The summed E-state index contributed by atoms with van der Waals surface area (Å²) in [6.07, 6.45) is 2.83. The second-order valence-corrected chi connectivity index (χ2v) is 7.95. The van der Waals surface area contributed by atoms with Gasteiger partial charge in [-0.1, -0.05) is 0 Å². The van der Waals surface area contributed by atoms with Crippen molar-refractivity contribution >= 4 is 15.9 Å². The summed E-state index contributed by atoms with van der Waals surface area (Å²) in [5, 5.41) is 0. The minimum Gasteiger partial charge on any atom is -0.379 e. The molecule has 6 nitrogen and oxygen atoms in total. The van der Waals surface area contributed by atoms with Crippen LogP contribution >= 0.6 is 0 Å². The van der Waals surface area contributed by atoms with Gasteiger partial charge in [0.25, 0.3) is 5.91 Å². The number of nitrogens with zero attached hydrogens (tertiary/aromatic N) is 2. The van der Waals surface area contributed by atoms with Gasteiger partial charge in [0.1, 0.15) is 5.82 Å². The fourth-order valence-corrected chi connectivity index (χ4v) is 4.47. The van der Waals surface area contributed by atoms with Crippen LogP contribution in [0.15, 0.2) is 23.1 Å². The Labute approximate surface area is 141 Å². The van der Waals surface area contributed by atoms with Crippen LogP contribution in [-0.4, -0.2) is 62.9 Å². The van der Waals surface area contributed by atoms with Crippen molar-refractivity contribution in [2.75, 3.05) is 39.4 Å². The summed E-state index contributed by atoms with van der Waals surface area (Å²) in [4.78, 5) is 14.1. The van der Waals surface area contributed by atoms with Crippen molar-refractivity contribution in [2.24, 2.45) is 0 Å². The Morgan fingerprint density at radius 1 is 1.04 bits per heavy atom. The molecule has 0 spiro atoms. The number of hydrogen-bond acceptors (Lipinski definition) is 4. The Hall–Kier alpha value is -1.51. The zero-order valence-electron chi connectivity index (χ0n) is 13.4. The lowest BCUT2D eigenvalue weighted by atomic mass is 10.1. The van der Waals surface area contributed by atoms with Crippen molar-refractivity contribution in [3.05, 3.63) is 29.6 Å². The maximum absolute atomic E-state index is 14.1. The molecule has 0 aromatic heterocycles. The van der Waals surface area contributed by atoms with Crippen molar-refractivity contribution in [3.8, 4) is 0 Å². The molecule has 0 unspecified atom stereocenters. The number of benzene rings is 1. The number of sulfonamides is 1. The highest BCUT2D eigenvalue weighted by atomic mass is 32.2. The Morgan fingerprint density at radius 2 is 1.71 bits per heavy atom. The van der Waals surface area contributed by atoms with Crippen LogP contribution in [0.1, 0.15) is 29.6 Å². The highest BCUT2D eigenvalue weighted by Crippen LogP contribution is 2.22. The molecule has 2 saturated heterocycles. The van der Waals surface area contributed by atoms with Gasteiger partial charge in [0.05, 0.1) is 23.7 Å². The third-order valence-electron chi connectivity index (χ3n) is 4.42. The van der Waals surface area contributed by atoms with Crippen LogP contribution in [0.3, 0.4) is 0 Å². The van der Waals surface area contributed by atoms with Gasteiger partial charge in [0, 0.05) is 26.2 Å². The van der Waals surface area contributed by atoms with Crippen LogP contribution in [0, 0.1) is 5.82 Å². The summed E-state index contributed by atoms with van der Waals surface area (Å²) in [7, 11) is -3.75. The third kappa shape index (κ3) is 3.45. The maximum atomic E-state index is 14.1. The smallest absolute Gasteiger partial charge is 0.256 e. The highest BCUT2D eigenvalue weighted by molar-refractivity contribution is 7.89. The summed E-state index contributed by atoms with van der Waals surface area (Å²) < 4.78 is 45.9. The lowest BCUT2D eigenvalue weighted by molar-refractivity contribution is 0.0717. The second kappa shape index (κ2) is 7.16. The topological polar surface area (TPSA) is 66.9 Å². The van der Waals surface area contributed by atoms with Gasteiger partial charge in [-0.05, 0) is 37.5 Å². The molecule has 0 bridgehead atoms. The summed E-state index contributed by atoms with van der Waals surface area (Å²) in [5.74, 6) is -1.13. The molecule has 2 aliphatic rings. The predicted octanol–water partition coefficient (Wildman–Crippen LogP) is 1.47. The quantitative estimate of drug-likeness (QED) is 0.823. The zero-order valence-corrected chi connectivity index (χ0v) is 14.2. The number of carbonyl (C=O) groups excluding carboxylic acids is 1. The number of hydrogen-bond donors (Lipinski definition) is 0. The molecular formula is C16H21FN2O4S. The van der Waals surface area contributed by atoms with E-state index in [1.165, 1.54) is 10.4 Å². The summed E-state index contributed by atoms with van der Waals surface area (Å²) >= 11 is 0. The number of morpholine rings is 1. The Balaban J connectivity index is 1.89. The van der Waals surface area contributed by atoms with Gasteiger partial charge in [0.2, 0.25) is 10.0 Å². The fraction of sp³-hybridized carbons (Fsp3) is 0.562. The molecule has 2 heterocycles. The molecule has 8 heteroatoms. The number of carbonyl (C=O) groups is 1. The number of halogens is 1. The Kier molecular flexibility index (Phi) is 5.17. The first kappa shape index (κ1) is 17.3. The van der Waals surface area contributed by atoms with Crippen molar-refractivity contribution in [3.63, 3.8) is 0 Å². The minimum atomic E-state index is -3.75. The SMILES string of the molecule is O=C(c1cc(S(=O)(=O)N2CCOCC2)ccc1F)N1CCCCC1. The molecule has 2 fully saturated rings. The van der Waals surface area contributed by atoms with Gasteiger partial charge in [0.15, 0.2) is 0 Å². The Morgan fingerprint density at radius 3 is 2.38 bits per heavy atom. The molecule has 0 radical (unpaired) electrons. The first-order valence-electron chi connectivity index (χ1n) is 8.17. The molecular weight excluding hydrogens is 335 g/mol. The largest absolute Gasteiger partial charge is 0.379 e. The van der Waals surface area contributed by atoms with E-state index in [4.69, 9.17) is 4.74 Å². The number of rotatable bonds is 3. The summed E-state index contributed by atoms with van der Waals surface area (Å²) in [6.45, 7) is 2.35. The molecule has 1 aromatic carbocycles. The van der Waals surface area contributed by atoms with E-state index in [0.717, 1.165) is 31.4 Å². The van der Waals surface area contributed by atoms with Crippen LogP contribution in [0.2, 0.25) is 0 Å². The van der Waals surface area contributed by atoms with E-state index in [2.05, 4.69) is 0 Å². The van der Waals surface area contributed by atoms with Crippen LogP contribution in [0.4, 0.5) is 4.39 Å². The lowest BCUT2D eigenvalue weighted by Crippen LogP contribution is -2.40. The molecule has 3 rings (SSSR count). The number of amides is 1. The van der Waals surface area contributed by atoms with Crippen LogP contribution in [0.5, 0.6) is 0 Å². The van der Waals surface area contributed by atoms with E-state index in [-0.39, 0.29) is 23.5 Å². The van der Waals surface area contributed by atoms with Gasteiger partial charge >= 0.3 is 0 Å². The second-order valence-electron chi connectivity index (χ2n) is 6.01. The van der Waals surface area contributed by atoms with Crippen molar-refractivity contribution in [1.29, 1.82) is 0 Å². The van der Waals surface area contributed by atoms with Gasteiger partial charge in [-0.2, -0.15) is 4.31 Å². The standard InChI is InChI=1S/C16H21FN2O4S/c17-15-5-4-13(24(21,22)19-8-10-23-11-9-19)12-14(15)16(20)18-6-2-1-3-7-18/h4-5,12H,1-3,6-11H2. The highest BCUT2D eigenvalue weighted by Gasteiger charge is 2.29. The first-order valence-corrected chi connectivity index (χ1v) is 9.61. The average molecular weight is 356 g/mol. The molecule has 1 aromatic rings. The van der Waals surface area contributed by atoms with E-state index >= 15 is 0 Å². The van der Waals surface area contributed by atoms with Crippen molar-refractivity contribution in [1.82, 2.24) is 9.21 Å². The summed E-state index contributed by atoms with van der Waals surface area (Å²) in [5.41, 5.74) is -0.175. The normalized spacial score (nSPS) is 20.1. The third-order valence-corrected chi connectivity index (χ3v) is 6.31. The Bertz CT molecular complexity index is 711. The molecule has 24 heavy (non-hydrogen) atoms. The van der Waals surface area contributed by atoms with Crippen LogP contribution < -0.4 is 0 Å². The molecule has 0 saturated carbocycles. The van der Waals surface area contributed by atoms with Gasteiger partial charge in [-0.15, -0.1) is 0 Å². The van der Waals surface area contributed by atoms with Gasteiger partial charge in [-0.25, -0.2) is 12.8 Å². The van der Waals surface area contributed by atoms with Crippen LogP contribution in [-0.2, 0) is 14.8 Å². The van der Waals surface area contributed by atoms with Gasteiger partial charge in [-0.3, -0.25) is 4.79 Å². The van der Waals surface area contributed by atoms with E-state index in [1.807, 2.05) is 0 Å². The minimum absolute atomic E-state index is 0.0499. The van der Waals surface area contributed by atoms with Crippen molar-refractivity contribution in [2.45, 2.75) is 24.2 Å². The van der Waals surface area contributed by atoms with E-state index < -0.39 is 21.7 Å². The summed E-state index contributed by atoms with van der Waals surface area (Å²) in [6, 6.07) is 3.44. The lowest BCUT2D eigenvalue weighted by Gasteiger charge is -2.28. The molecule has 0 N–H and O–H groups in total. The molecule has 0 atom stereocenters. The first-order chi connectivity index (χ1) is 11.5. The predicted molar refractivity (Wildman–Crippen MR) is 85.7 cm³/mol. The monoisotopic (exact) mass is 356 g/mol. The number of likely N-dealkylation sites (tertiary alicyclic amines) is 1. The fourth-order valence-electron chi connectivity index (χ4n) is 3.03. The van der Waals surface area contributed by atoms with Crippen LogP contribution in [0.25, 0.3) is 0 Å². The number of ether oxygens (including phenoxy) is 1. The van der Waals surface area contributed by atoms with Gasteiger partial charge < -0.3 is 9.64 Å². The molecule has 2 aliphatic heterocycles. The average Bonchev–Trinajstić information content (AvgIpc) is 2.63. The maximum Gasteiger partial charge on any atom is 0.256 e. The van der Waals surface area contributed by atoms with E-state index in [0.29, 0.717) is 26.3 Å². The molecule has 1 amide bonds. The zero-order chi connectivity index (χ0) is 17.2. The number of piperidine rings is 1. The molecule has 132 valence electrons. The molecule has 0 aliphatic carbocycles. The van der Waals surface area contributed by atoms with E-state index in [1.54, 1.807) is 4.90 Å².